The molecule has 0 bridgehead atoms. The van der Waals surface area contributed by atoms with Crippen LogP contribution in [0.2, 0.25) is 0 Å². The van der Waals surface area contributed by atoms with Gasteiger partial charge < -0.3 is 14.4 Å². The van der Waals surface area contributed by atoms with E-state index in [0.29, 0.717) is 25.0 Å². The van der Waals surface area contributed by atoms with E-state index in [1.54, 1.807) is 0 Å². The fraction of sp³-hybridized carbons (Fsp3) is 0.941. The van der Waals surface area contributed by atoms with Crippen LogP contribution in [0.1, 0.15) is 53.9 Å². The monoisotopic (exact) mass is 295 g/mol. The second kappa shape index (κ2) is 4.69. The zero-order valence-corrected chi connectivity index (χ0v) is 14.1. The predicted octanol–water partition coefficient (Wildman–Crippen LogP) is 2.81. The summed E-state index contributed by atoms with van der Waals surface area (Å²) in [6.45, 7) is 13.1. The number of rotatable bonds is 1. The SMILES string of the molecule is CC(C)N1CC[C@@H]2C(C)(CCC3(OCCO3)C2(C)C)C1=O. The minimum absolute atomic E-state index is 0.130. The van der Waals surface area contributed by atoms with Crippen molar-refractivity contribution in [2.45, 2.75) is 65.7 Å². The van der Waals surface area contributed by atoms with Crippen molar-refractivity contribution >= 4 is 5.91 Å². The van der Waals surface area contributed by atoms with Crippen LogP contribution in [0.3, 0.4) is 0 Å². The van der Waals surface area contributed by atoms with Crippen LogP contribution in [-0.2, 0) is 14.3 Å². The lowest BCUT2D eigenvalue weighted by Crippen LogP contribution is -2.65. The lowest BCUT2D eigenvalue weighted by atomic mass is 9.51. The fourth-order valence-corrected chi connectivity index (χ4v) is 5.08. The zero-order valence-electron chi connectivity index (χ0n) is 14.1. The molecule has 2 heterocycles. The Bertz CT molecular complexity index is 439. The Morgan fingerprint density at radius 1 is 1.14 bits per heavy atom. The van der Waals surface area contributed by atoms with E-state index < -0.39 is 5.79 Å². The lowest BCUT2D eigenvalue weighted by Gasteiger charge is -2.60. The van der Waals surface area contributed by atoms with Gasteiger partial charge in [-0.1, -0.05) is 20.8 Å². The second-order valence-electron chi connectivity index (χ2n) is 8.02. The molecule has 3 aliphatic rings. The van der Waals surface area contributed by atoms with Crippen LogP contribution in [0.25, 0.3) is 0 Å². The van der Waals surface area contributed by atoms with E-state index in [4.69, 9.17) is 9.47 Å². The molecular formula is C17H29NO3. The highest BCUT2D eigenvalue weighted by Crippen LogP contribution is 2.61. The van der Waals surface area contributed by atoms with Crippen molar-refractivity contribution in [1.29, 1.82) is 0 Å². The number of carbonyl (C=O) groups is 1. The molecule has 4 nitrogen and oxygen atoms in total. The van der Waals surface area contributed by atoms with Crippen molar-refractivity contribution in [3.63, 3.8) is 0 Å². The largest absolute Gasteiger partial charge is 0.347 e. The lowest BCUT2D eigenvalue weighted by molar-refractivity contribution is -0.286. The highest BCUT2D eigenvalue weighted by molar-refractivity contribution is 5.84. The smallest absolute Gasteiger partial charge is 0.229 e. The van der Waals surface area contributed by atoms with E-state index in [-0.39, 0.29) is 16.9 Å². The summed E-state index contributed by atoms with van der Waals surface area (Å²) < 4.78 is 12.1. The number of likely N-dealkylation sites (tertiary alicyclic amines) is 1. The Balaban J connectivity index is 1.95. The van der Waals surface area contributed by atoms with E-state index in [1.807, 2.05) is 0 Å². The first kappa shape index (κ1) is 15.3. The number of hydrogen-bond acceptors (Lipinski definition) is 3. The van der Waals surface area contributed by atoms with Gasteiger partial charge in [-0.15, -0.1) is 0 Å². The number of piperidine rings is 1. The molecule has 1 spiro atoms. The minimum atomic E-state index is -0.475. The van der Waals surface area contributed by atoms with Gasteiger partial charge >= 0.3 is 0 Å². The van der Waals surface area contributed by atoms with Gasteiger partial charge in [0, 0.05) is 24.4 Å². The molecule has 4 heteroatoms. The number of nitrogens with zero attached hydrogens (tertiary/aromatic N) is 1. The van der Waals surface area contributed by atoms with Gasteiger partial charge in [0.15, 0.2) is 5.79 Å². The van der Waals surface area contributed by atoms with Crippen molar-refractivity contribution in [3.05, 3.63) is 0 Å². The molecule has 21 heavy (non-hydrogen) atoms. The van der Waals surface area contributed by atoms with Gasteiger partial charge in [-0.3, -0.25) is 4.79 Å². The van der Waals surface area contributed by atoms with Crippen molar-refractivity contribution in [2.24, 2.45) is 16.7 Å². The maximum absolute atomic E-state index is 13.1. The maximum Gasteiger partial charge on any atom is 0.229 e. The maximum atomic E-state index is 13.1. The van der Waals surface area contributed by atoms with Gasteiger partial charge in [0.05, 0.1) is 18.6 Å². The number of carbonyl (C=O) groups excluding carboxylic acids is 1. The first-order valence-corrected chi connectivity index (χ1v) is 8.34. The van der Waals surface area contributed by atoms with E-state index in [9.17, 15) is 4.79 Å². The van der Waals surface area contributed by atoms with Crippen molar-refractivity contribution < 1.29 is 14.3 Å². The average Bonchev–Trinajstić information content (AvgIpc) is 2.88. The zero-order chi connectivity index (χ0) is 15.5. The molecule has 0 N–H and O–H groups in total. The van der Waals surface area contributed by atoms with Crippen LogP contribution in [0.4, 0.5) is 0 Å². The van der Waals surface area contributed by atoms with Crippen LogP contribution in [0, 0.1) is 16.7 Å². The van der Waals surface area contributed by atoms with Gasteiger partial charge in [-0.25, -0.2) is 0 Å². The van der Waals surface area contributed by atoms with Crippen LogP contribution < -0.4 is 0 Å². The summed E-state index contributed by atoms with van der Waals surface area (Å²) in [5.74, 6) is 0.172. The minimum Gasteiger partial charge on any atom is -0.347 e. The van der Waals surface area contributed by atoms with Crippen molar-refractivity contribution in [1.82, 2.24) is 4.90 Å². The summed E-state index contributed by atoms with van der Waals surface area (Å²) >= 11 is 0. The third kappa shape index (κ3) is 1.91. The average molecular weight is 295 g/mol. The van der Waals surface area contributed by atoms with Crippen LogP contribution >= 0.6 is 0 Å². The normalized spacial score (nSPS) is 38.1. The molecule has 1 unspecified atom stereocenters. The summed E-state index contributed by atoms with van der Waals surface area (Å²) in [5.41, 5.74) is -0.401. The van der Waals surface area contributed by atoms with Gasteiger partial charge in [0.1, 0.15) is 0 Å². The molecule has 3 rings (SSSR count). The van der Waals surface area contributed by atoms with Crippen LogP contribution in [-0.4, -0.2) is 42.4 Å². The molecule has 2 atom stereocenters. The molecule has 120 valence electrons. The van der Waals surface area contributed by atoms with Gasteiger partial charge in [-0.05, 0) is 32.6 Å². The molecule has 0 aromatic carbocycles. The molecule has 1 amide bonds. The van der Waals surface area contributed by atoms with E-state index in [0.717, 1.165) is 25.8 Å². The van der Waals surface area contributed by atoms with Crippen LogP contribution in [0.5, 0.6) is 0 Å². The number of ether oxygens (including phenoxy) is 2. The van der Waals surface area contributed by atoms with Gasteiger partial charge in [0.25, 0.3) is 0 Å². The molecule has 1 aliphatic carbocycles. The molecular weight excluding hydrogens is 266 g/mol. The van der Waals surface area contributed by atoms with Crippen molar-refractivity contribution in [3.8, 4) is 0 Å². The second-order valence-corrected chi connectivity index (χ2v) is 8.02. The third-order valence-corrected chi connectivity index (χ3v) is 6.38. The van der Waals surface area contributed by atoms with Gasteiger partial charge in [-0.2, -0.15) is 0 Å². The highest BCUT2D eigenvalue weighted by Gasteiger charge is 2.65. The van der Waals surface area contributed by atoms with E-state index >= 15 is 0 Å². The summed E-state index contributed by atoms with van der Waals surface area (Å²) in [6, 6.07) is 0.285. The molecule has 0 aromatic rings. The van der Waals surface area contributed by atoms with Crippen LogP contribution in [0.15, 0.2) is 0 Å². The molecule has 3 fully saturated rings. The Morgan fingerprint density at radius 3 is 2.33 bits per heavy atom. The molecule has 1 saturated carbocycles. The predicted molar refractivity (Wildman–Crippen MR) is 80.7 cm³/mol. The van der Waals surface area contributed by atoms with E-state index in [2.05, 4.69) is 39.5 Å². The summed E-state index contributed by atoms with van der Waals surface area (Å²) in [5, 5.41) is 0. The molecule has 2 saturated heterocycles. The highest BCUT2D eigenvalue weighted by atomic mass is 16.7. The first-order chi connectivity index (χ1) is 9.75. The van der Waals surface area contributed by atoms with Crippen molar-refractivity contribution in [2.75, 3.05) is 19.8 Å². The Labute approximate surface area is 128 Å². The van der Waals surface area contributed by atoms with E-state index in [1.165, 1.54) is 0 Å². The Morgan fingerprint density at radius 2 is 1.76 bits per heavy atom. The first-order valence-electron chi connectivity index (χ1n) is 8.34. The Hall–Kier alpha value is -0.610. The van der Waals surface area contributed by atoms with Gasteiger partial charge in [0.2, 0.25) is 5.91 Å². The molecule has 0 aromatic heterocycles. The number of hydrogen-bond donors (Lipinski definition) is 0. The topological polar surface area (TPSA) is 38.8 Å². The molecule has 0 radical (unpaired) electrons. The summed E-state index contributed by atoms with van der Waals surface area (Å²) in [7, 11) is 0. The number of amides is 1. The molecule has 2 aliphatic heterocycles. The summed E-state index contributed by atoms with van der Waals surface area (Å²) in [4.78, 5) is 15.1. The Kier molecular flexibility index (Phi) is 3.42. The quantitative estimate of drug-likeness (QED) is 0.746. The fourth-order valence-electron chi connectivity index (χ4n) is 5.08. The number of fused-ring (bicyclic) bond motifs is 1. The third-order valence-electron chi connectivity index (χ3n) is 6.38. The summed E-state index contributed by atoms with van der Waals surface area (Å²) in [6.07, 6.45) is 2.73. The standard InChI is InChI=1S/C17H29NO3/c1-12(2)18-9-6-13-15(3,4)17(20-10-11-21-17)8-7-16(13,5)14(18)19/h12-13H,6-11H2,1-5H3/t13-,16?/m0/s1.